The molecular weight excluding hydrogens is 240 g/mol. The van der Waals surface area contributed by atoms with E-state index in [1.54, 1.807) is 17.8 Å². The summed E-state index contributed by atoms with van der Waals surface area (Å²) in [5.74, 6) is 0.884. The molecule has 0 N–H and O–H groups in total. The summed E-state index contributed by atoms with van der Waals surface area (Å²) in [5, 5.41) is 0. The first-order valence-electron chi connectivity index (χ1n) is 6.10. The van der Waals surface area contributed by atoms with Crippen molar-refractivity contribution >= 4 is 11.8 Å². The van der Waals surface area contributed by atoms with Crippen LogP contribution in [0.2, 0.25) is 0 Å². The van der Waals surface area contributed by atoms with Crippen molar-refractivity contribution in [1.29, 1.82) is 0 Å². The zero-order valence-corrected chi connectivity index (χ0v) is 11.6. The quantitative estimate of drug-likeness (QED) is 0.690. The maximum absolute atomic E-state index is 5.47. The maximum Gasteiger partial charge on any atom is 0.119 e. The predicted octanol–water partition coefficient (Wildman–Crippen LogP) is 4.97. The molecule has 0 spiro atoms. The molecule has 0 heterocycles. The summed E-state index contributed by atoms with van der Waals surface area (Å²) in [6.45, 7) is 10.5. The van der Waals surface area contributed by atoms with E-state index in [0.717, 1.165) is 18.6 Å². The number of ether oxygens (including phenoxy) is 1. The first-order chi connectivity index (χ1) is 8.70. The number of thioether (sulfide) groups is 1. The second-order valence-corrected chi connectivity index (χ2v) is 5.47. The summed E-state index contributed by atoms with van der Waals surface area (Å²) in [6.07, 6.45) is 4.01. The van der Waals surface area contributed by atoms with Gasteiger partial charge in [0.25, 0.3) is 0 Å². The van der Waals surface area contributed by atoms with Gasteiger partial charge in [-0.15, -0.1) is 0 Å². The molecule has 0 fully saturated rings. The van der Waals surface area contributed by atoms with E-state index >= 15 is 0 Å². The topological polar surface area (TPSA) is 9.23 Å². The molecule has 1 nitrogen and oxygen atoms in total. The van der Waals surface area contributed by atoms with E-state index < -0.39 is 0 Å². The lowest BCUT2D eigenvalue weighted by Gasteiger charge is -2.07. The van der Waals surface area contributed by atoms with Gasteiger partial charge in [-0.3, -0.25) is 0 Å². The van der Waals surface area contributed by atoms with Crippen molar-refractivity contribution in [2.45, 2.75) is 24.7 Å². The van der Waals surface area contributed by atoms with E-state index in [1.165, 1.54) is 20.9 Å². The summed E-state index contributed by atoms with van der Waals surface area (Å²) >= 11 is 1.80. The second-order valence-electron chi connectivity index (χ2n) is 4.39. The van der Waals surface area contributed by atoms with Crippen LogP contribution < -0.4 is 4.74 Å². The van der Waals surface area contributed by atoms with Gasteiger partial charge in [0.2, 0.25) is 0 Å². The average Bonchev–Trinajstić information content (AvgIpc) is 2.70. The Morgan fingerprint density at radius 1 is 1.28 bits per heavy atom. The summed E-state index contributed by atoms with van der Waals surface area (Å²) in [5.41, 5.74) is 2.72. The lowest BCUT2D eigenvalue weighted by atomic mass is 10.2. The molecule has 0 saturated heterocycles. The van der Waals surface area contributed by atoms with Gasteiger partial charge in [-0.1, -0.05) is 36.6 Å². The molecule has 1 aliphatic carbocycles. The fourth-order valence-electron chi connectivity index (χ4n) is 1.90. The third kappa shape index (κ3) is 3.08. The van der Waals surface area contributed by atoms with Gasteiger partial charge >= 0.3 is 0 Å². The standard InChI is InChI=1S/C16H18OS/c1-4-11-17-14-7-9-15(10-8-14)18-16-12(2)5-6-13(16)3/h4,7-10H,1-2,5-6,11H2,3H3. The number of allylic oxidation sites excluding steroid dienone is 2. The zero-order valence-electron chi connectivity index (χ0n) is 10.7. The van der Waals surface area contributed by atoms with E-state index in [0.29, 0.717) is 6.61 Å². The lowest BCUT2D eigenvalue weighted by molar-refractivity contribution is 0.363. The summed E-state index contributed by atoms with van der Waals surface area (Å²) in [4.78, 5) is 2.59. The van der Waals surface area contributed by atoms with Crippen molar-refractivity contribution in [3.05, 3.63) is 59.6 Å². The fourth-order valence-corrected chi connectivity index (χ4v) is 2.93. The highest BCUT2D eigenvalue weighted by Crippen LogP contribution is 2.41. The molecule has 1 aromatic carbocycles. The van der Waals surface area contributed by atoms with Crippen LogP contribution in [0.5, 0.6) is 5.75 Å². The summed E-state index contributed by atoms with van der Waals surface area (Å²) in [6, 6.07) is 8.18. The minimum atomic E-state index is 0.549. The van der Waals surface area contributed by atoms with E-state index in [1.807, 2.05) is 12.1 Å². The van der Waals surface area contributed by atoms with Gasteiger partial charge in [0, 0.05) is 9.80 Å². The Bertz CT molecular complexity index is 482. The molecule has 1 aliphatic rings. The van der Waals surface area contributed by atoms with E-state index in [-0.39, 0.29) is 0 Å². The van der Waals surface area contributed by atoms with Crippen LogP contribution in [0.1, 0.15) is 19.8 Å². The van der Waals surface area contributed by atoms with Crippen LogP contribution in [0.4, 0.5) is 0 Å². The van der Waals surface area contributed by atoms with Crippen LogP contribution in [0.3, 0.4) is 0 Å². The minimum absolute atomic E-state index is 0.549. The Morgan fingerprint density at radius 3 is 2.56 bits per heavy atom. The summed E-state index contributed by atoms with van der Waals surface area (Å²) in [7, 11) is 0. The van der Waals surface area contributed by atoms with Crippen molar-refractivity contribution in [2.24, 2.45) is 0 Å². The third-order valence-electron chi connectivity index (χ3n) is 2.92. The SMILES string of the molecule is C=CCOc1ccc(SC2=C(C)CCC2=C)cc1. The van der Waals surface area contributed by atoms with Crippen molar-refractivity contribution in [3.63, 3.8) is 0 Å². The van der Waals surface area contributed by atoms with Gasteiger partial charge in [0.05, 0.1) is 0 Å². The first kappa shape index (κ1) is 13.0. The maximum atomic E-state index is 5.47. The van der Waals surface area contributed by atoms with E-state index in [4.69, 9.17) is 4.74 Å². The monoisotopic (exact) mass is 258 g/mol. The molecule has 0 aromatic heterocycles. The normalized spacial score (nSPS) is 15.1. The number of rotatable bonds is 5. The van der Waals surface area contributed by atoms with Gasteiger partial charge in [-0.2, -0.15) is 0 Å². The fraction of sp³-hybridized carbons (Fsp3) is 0.250. The van der Waals surface area contributed by atoms with Crippen molar-refractivity contribution in [1.82, 2.24) is 0 Å². The van der Waals surface area contributed by atoms with Gasteiger partial charge < -0.3 is 4.74 Å². The Labute approximate surface area is 113 Å². The molecule has 2 rings (SSSR count). The molecular formula is C16H18OS. The highest BCUT2D eigenvalue weighted by atomic mass is 32.2. The molecule has 18 heavy (non-hydrogen) atoms. The van der Waals surface area contributed by atoms with Crippen LogP contribution in [0.25, 0.3) is 0 Å². The van der Waals surface area contributed by atoms with Crippen molar-refractivity contribution < 1.29 is 4.74 Å². The summed E-state index contributed by atoms with van der Waals surface area (Å²) < 4.78 is 5.47. The highest BCUT2D eigenvalue weighted by molar-refractivity contribution is 8.03. The molecule has 0 bridgehead atoms. The molecule has 0 unspecified atom stereocenters. The molecule has 0 aliphatic heterocycles. The zero-order chi connectivity index (χ0) is 13.0. The second kappa shape index (κ2) is 5.96. The molecule has 1 aromatic rings. The van der Waals surface area contributed by atoms with Gasteiger partial charge in [-0.25, -0.2) is 0 Å². The molecule has 2 heteroatoms. The average molecular weight is 258 g/mol. The molecule has 0 amide bonds. The first-order valence-corrected chi connectivity index (χ1v) is 6.92. The van der Waals surface area contributed by atoms with Crippen molar-refractivity contribution in [3.8, 4) is 5.75 Å². The van der Waals surface area contributed by atoms with Crippen LogP contribution in [-0.4, -0.2) is 6.61 Å². The van der Waals surface area contributed by atoms with Crippen LogP contribution in [0.15, 0.2) is 64.4 Å². The predicted molar refractivity (Wildman–Crippen MR) is 79.1 cm³/mol. The molecule has 0 atom stereocenters. The largest absolute Gasteiger partial charge is 0.490 e. The lowest BCUT2D eigenvalue weighted by Crippen LogP contribution is -1.91. The number of benzene rings is 1. The van der Waals surface area contributed by atoms with Crippen LogP contribution in [0, 0.1) is 0 Å². The van der Waals surface area contributed by atoms with Gasteiger partial charge in [-0.05, 0) is 49.6 Å². The van der Waals surface area contributed by atoms with Crippen LogP contribution >= 0.6 is 11.8 Å². The van der Waals surface area contributed by atoms with Gasteiger partial charge in [0.15, 0.2) is 0 Å². The Balaban J connectivity index is 2.04. The van der Waals surface area contributed by atoms with E-state index in [9.17, 15) is 0 Å². The minimum Gasteiger partial charge on any atom is -0.490 e. The third-order valence-corrected chi connectivity index (χ3v) is 4.27. The van der Waals surface area contributed by atoms with Crippen LogP contribution in [-0.2, 0) is 0 Å². The van der Waals surface area contributed by atoms with E-state index in [2.05, 4.69) is 32.2 Å². The Morgan fingerprint density at radius 2 is 2.00 bits per heavy atom. The van der Waals surface area contributed by atoms with Crippen molar-refractivity contribution in [2.75, 3.05) is 6.61 Å². The number of hydrogen-bond donors (Lipinski definition) is 0. The molecule has 94 valence electrons. The molecule has 0 radical (unpaired) electrons. The highest BCUT2D eigenvalue weighted by Gasteiger charge is 2.15. The van der Waals surface area contributed by atoms with Gasteiger partial charge in [0.1, 0.15) is 12.4 Å². The Kier molecular flexibility index (Phi) is 4.32. The molecule has 0 saturated carbocycles. The Hall–Kier alpha value is -1.41. The smallest absolute Gasteiger partial charge is 0.119 e. The number of hydrogen-bond acceptors (Lipinski definition) is 2.